The Morgan fingerprint density at radius 1 is 0.603 bits per heavy atom. The van der Waals surface area contributed by atoms with Crippen molar-refractivity contribution in [1.29, 1.82) is 0 Å². The van der Waals surface area contributed by atoms with Crippen molar-refractivity contribution in [2.24, 2.45) is 5.92 Å². The fourth-order valence-corrected chi connectivity index (χ4v) is 7.77. The van der Waals surface area contributed by atoms with Crippen molar-refractivity contribution in [2.45, 2.75) is 25.9 Å². The molecule has 0 bridgehead atoms. The summed E-state index contributed by atoms with van der Waals surface area (Å²) in [7, 11) is 4.17. The van der Waals surface area contributed by atoms with E-state index in [1.807, 2.05) is 60.7 Å². The topological polar surface area (TPSA) is 228 Å². The Morgan fingerprint density at radius 3 is 1.56 bits per heavy atom. The predicted molar refractivity (Wildman–Crippen MR) is 251 cm³/mol. The van der Waals surface area contributed by atoms with E-state index in [1.165, 1.54) is 21.3 Å². The molecule has 0 radical (unpaired) electrons. The first-order valence-electron chi connectivity index (χ1n) is 21.6. The standard InChI is InChI=1S/C27H28N6O4.C22H19N5O4/c1-36-24-9-8-23(25(31-24)27(35)28-16-18-10-14-37-15-11-18)30-26(34)22-7-6-19(17-33-13-12-29-32-33)20-4-2-3-5-21(20)22;1-30-19-10-9-18(20(25-19)22(29)31-2)24-21(28)17-8-7-14(13-27-12-11-23-26-27)15-5-3-4-6-16(15)17/h2-9,12-13,18H,10-11,14-17H2,1H3,(H,28,35)(H,30,34);3-12H,13H2,1-2H3,(H,24,28). The molecule has 1 aliphatic rings. The smallest absolute Gasteiger partial charge is 0.358 e. The number of anilines is 2. The summed E-state index contributed by atoms with van der Waals surface area (Å²) in [5.74, 6) is -0.882. The van der Waals surface area contributed by atoms with Gasteiger partial charge >= 0.3 is 5.97 Å². The third-order valence-corrected chi connectivity index (χ3v) is 11.3. The average molecular weight is 918 g/mol. The summed E-state index contributed by atoms with van der Waals surface area (Å²) in [5, 5.41) is 27.8. The number of carbonyl (C=O) groups is 4. The van der Waals surface area contributed by atoms with E-state index in [-0.39, 0.29) is 46.6 Å². The van der Waals surface area contributed by atoms with Crippen LogP contribution in [0.15, 0.2) is 122 Å². The van der Waals surface area contributed by atoms with E-state index in [0.29, 0.717) is 55.6 Å². The lowest BCUT2D eigenvalue weighted by Crippen LogP contribution is -2.33. The van der Waals surface area contributed by atoms with Gasteiger partial charge in [0, 0.05) is 55.4 Å². The first kappa shape index (κ1) is 46.0. The van der Waals surface area contributed by atoms with Gasteiger partial charge in [-0.3, -0.25) is 14.4 Å². The van der Waals surface area contributed by atoms with E-state index in [1.54, 1.807) is 70.5 Å². The lowest BCUT2D eigenvalue weighted by molar-refractivity contribution is 0.0594. The van der Waals surface area contributed by atoms with Gasteiger partial charge in [-0.2, -0.15) is 0 Å². The molecule has 8 aromatic rings. The molecule has 4 aromatic carbocycles. The molecule has 346 valence electrons. The molecule has 19 nitrogen and oxygen atoms in total. The Bertz CT molecular complexity index is 3070. The number of benzene rings is 4. The number of esters is 1. The number of amides is 3. The zero-order chi connectivity index (χ0) is 47.4. The second-order valence-corrected chi connectivity index (χ2v) is 15.5. The van der Waals surface area contributed by atoms with Gasteiger partial charge in [0.25, 0.3) is 17.7 Å². The van der Waals surface area contributed by atoms with Gasteiger partial charge in [0.2, 0.25) is 11.8 Å². The van der Waals surface area contributed by atoms with E-state index >= 15 is 0 Å². The van der Waals surface area contributed by atoms with Gasteiger partial charge in [0.1, 0.15) is 0 Å². The number of pyridine rings is 2. The van der Waals surface area contributed by atoms with Crippen molar-refractivity contribution >= 4 is 56.6 Å². The number of hydrogen-bond donors (Lipinski definition) is 3. The third kappa shape index (κ3) is 10.7. The summed E-state index contributed by atoms with van der Waals surface area (Å²) >= 11 is 0. The van der Waals surface area contributed by atoms with Crippen LogP contribution in [-0.4, -0.2) is 105 Å². The quantitative estimate of drug-likeness (QED) is 0.103. The molecular formula is C49H47N11O8. The van der Waals surface area contributed by atoms with Gasteiger partial charge in [-0.05, 0) is 75.7 Å². The minimum absolute atomic E-state index is 0.0395. The molecule has 19 heteroatoms. The zero-order valence-corrected chi connectivity index (χ0v) is 37.4. The molecule has 5 heterocycles. The molecule has 0 atom stereocenters. The van der Waals surface area contributed by atoms with Crippen molar-refractivity contribution in [1.82, 2.24) is 45.3 Å². The number of rotatable bonds is 14. The van der Waals surface area contributed by atoms with E-state index in [4.69, 9.17) is 18.9 Å². The predicted octanol–water partition coefficient (Wildman–Crippen LogP) is 6.21. The largest absolute Gasteiger partial charge is 0.481 e. The van der Waals surface area contributed by atoms with Gasteiger partial charge < -0.3 is 34.9 Å². The minimum atomic E-state index is -0.678. The van der Waals surface area contributed by atoms with E-state index in [2.05, 4.69) is 46.5 Å². The molecule has 9 rings (SSSR count). The number of aromatic nitrogens is 8. The number of nitrogens with zero attached hydrogens (tertiary/aromatic N) is 8. The van der Waals surface area contributed by atoms with Gasteiger partial charge in [-0.25, -0.2) is 24.1 Å². The van der Waals surface area contributed by atoms with Gasteiger partial charge in [0.15, 0.2) is 11.4 Å². The van der Waals surface area contributed by atoms with Crippen LogP contribution in [0, 0.1) is 5.92 Å². The molecule has 1 saturated heterocycles. The highest BCUT2D eigenvalue weighted by molar-refractivity contribution is 6.16. The number of hydrogen-bond acceptors (Lipinski definition) is 14. The lowest BCUT2D eigenvalue weighted by atomic mass is 9.99. The minimum Gasteiger partial charge on any atom is -0.481 e. The Labute approximate surface area is 389 Å². The maximum absolute atomic E-state index is 13.4. The lowest BCUT2D eigenvalue weighted by Gasteiger charge is -2.22. The Hall–Kier alpha value is -8.58. The summed E-state index contributed by atoms with van der Waals surface area (Å²) < 4.78 is 23.9. The van der Waals surface area contributed by atoms with E-state index in [0.717, 1.165) is 45.5 Å². The van der Waals surface area contributed by atoms with Crippen LogP contribution in [-0.2, 0) is 22.6 Å². The monoisotopic (exact) mass is 917 g/mol. The van der Waals surface area contributed by atoms with Crippen molar-refractivity contribution in [3.05, 3.63) is 155 Å². The molecule has 3 amide bonds. The van der Waals surface area contributed by atoms with Crippen LogP contribution in [0.5, 0.6) is 11.8 Å². The summed E-state index contributed by atoms with van der Waals surface area (Å²) in [6.07, 6.45) is 8.61. The molecule has 0 unspecified atom stereocenters. The average Bonchev–Trinajstić information content (AvgIpc) is 4.11. The number of methoxy groups -OCH3 is 3. The molecule has 1 fully saturated rings. The fraction of sp³-hybridized carbons (Fsp3) is 0.224. The second-order valence-electron chi connectivity index (χ2n) is 15.5. The van der Waals surface area contributed by atoms with Crippen molar-refractivity contribution < 1.29 is 38.1 Å². The van der Waals surface area contributed by atoms with Gasteiger partial charge in [-0.1, -0.05) is 71.1 Å². The van der Waals surface area contributed by atoms with E-state index < -0.39 is 5.97 Å². The number of nitrogens with one attached hydrogen (secondary N) is 3. The number of carbonyl (C=O) groups excluding carboxylic acids is 4. The van der Waals surface area contributed by atoms with Crippen molar-refractivity contribution in [3.63, 3.8) is 0 Å². The van der Waals surface area contributed by atoms with Gasteiger partial charge in [0.05, 0.1) is 58.2 Å². The van der Waals surface area contributed by atoms with Crippen LogP contribution in [0.3, 0.4) is 0 Å². The number of ether oxygens (including phenoxy) is 4. The third-order valence-electron chi connectivity index (χ3n) is 11.3. The van der Waals surface area contributed by atoms with Gasteiger partial charge in [-0.15, -0.1) is 10.2 Å². The molecule has 68 heavy (non-hydrogen) atoms. The van der Waals surface area contributed by atoms with Crippen molar-refractivity contribution in [2.75, 3.05) is 51.7 Å². The normalized spacial score (nSPS) is 12.4. The summed E-state index contributed by atoms with van der Waals surface area (Å²) in [5.41, 5.74) is 3.57. The van der Waals surface area contributed by atoms with Crippen molar-refractivity contribution in [3.8, 4) is 11.8 Å². The number of fused-ring (bicyclic) bond motifs is 2. The molecule has 3 N–H and O–H groups in total. The highest BCUT2D eigenvalue weighted by Crippen LogP contribution is 2.28. The summed E-state index contributed by atoms with van der Waals surface area (Å²) in [6, 6.07) is 29.0. The maximum atomic E-state index is 13.4. The first-order chi connectivity index (χ1) is 33.2. The first-order valence-corrected chi connectivity index (χ1v) is 21.6. The molecular weight excluding hydrogens is 871 g/mol. The van der Waals surface area contributed by atoms with Crippen LogP contribution in [0.1, 0.15) is 65.7 Å². The summed E-state index contributed by atoms with van der Waals surface area (Å²) in [4.78, 5) is 60.2. The van der Waals surface area contributed by atoms with Crippen LogP contribution in [0.2, 0.25) is 0 Å². The SMILES string of the molecule is COC(=O)c1nc(OC)ccc1NC(=O)c1ccc(Cn2ccnn2)c2ccccc12.COc1ccc(NC(=O)c2ccc(Cn3ccnn3)c3ccccc23)c(C(=O)NCC2CCOCC2)n1. The van der Waals surface area contributed by atoms with Crippen LogP contribution < -0.4 is 25.4 Å². The molecule has 0 saturated carbocycles. The van der Waals surface area contributed by atoms with E-state index in [9.17, 15) is 19.2 Å². The molecule has 1 aliphatic heterocycles. The Morgan fingerprint density at radius 2 is 1.09 bits per heavy atom. The molecule has 0 aliphatic carbocycles. The maximum Gasteiger partial charge on any atom is 0.358 e. The highest BCUT2D eigenvalue weighted by Gasteiger charge is 2.23. The van der Waals surface area contributed by atoms with Crippen LogP contribution in [0.25, 0.3) is 21.5 Å². The second kappa shape index (κ2) is 21.6. The Kier molecular flexibility index (Phi) is 14.6. The zero-order valence-electron chi connectivity index (χ0n) is 37.4. The highest BCUT2D eigenvalue weighted by atomic mass is 16.5. The van der Waals surface area contributed by atoms with Crippen LogP contribution >= 0.6 is 0 Å². The fourth-order valence-electron chi connectivity index (χ4n) is 7.77. The summed E-state index contributed by atoms with van der Waals surface area (Å²) in [6.45, 7) is 2.97. The Balaban J connectivity index is 0.000000187. The molecule has 0 spiro atoms. The molecule has 4 aromatic heterocycles. The van der Waals surface area contributed by atoms with Crippen LogP contribution in [0.4, 0.5) is 11.4 Å².